The molecule has 0 aliphatic carbocycles. The summed E-state index contributed by atoms with van der Waals surface area (Å²) in [6, 6.07) is 75.8. The zero-order valence-corrected chi connectivity index (χ0v) is 33.8. The quantitative estimate of drug-likeness (QED) is 0.157. The minimum atomic E-state index is 0.633. The van der Waals surface area contributed by atoms with Crippen LogP contribution in [-0.4, -0.2) is 15.0 Å². The number of thiophene rings is 1. The van der Waals surface area contributed by atoms with Crippen molar-refractivity contribution >= 4 is 63.8 Å². The van der Waals surface area contributed by atoms with Gasteiger partial charge < -0.3 is 0 Å². The largest absolute Gasteiger partial charge is 0.208 e. The molecule has 0 amide bonds. The van der Waals surface area contributed by atoms with Crippen molar-refractivity contribution in [3.8, 4) is 67.5 Å². The van der Waals surface area contributed by atoms with Crippen molar-refractivity contribution in [1.29, 1.82) is 0 Å². The summed E-state index contributed by atoms with van der Waals surface area (Å²) >= 11 is 1.82. The number of hydrogen-bond acceptors (Lipinski definition) is 4. The molecule has 12 rings (SSSR count). The summed E-state index contributed by atoms with van der Waals surface area (Å²) in [6.45, 7) is 0. The minimum absolute atomic E-state index is 0.633. The van der Waals surface area contributed by atoms with Crippen LogP contribution in [0.2, 0.25) is 0 Å². The van der Waals surface area contributed by atoms with Crippen molar-refractivity contribution in [3.05, 3.63) is 212 Å². The summed E-state index contributed by atoms with van der Waals surface area (Å²) in [4.78, 5) is 15.7. The van der Waals surface area contributed by atoms with Gasteiger partial charge in [0.2, 0.25) is 0 Å². The molecule has 2 aromatic heterocycles. The van der Waals surface area contributed by atoms with Crippen molar-refractivity contribution in [1.82, 2.24) is 15.0 Å². The maximum Gasteiger partial charge on any atom is 0.164 e. The van der Waals surface area contributed by atoms with E-state index in [2.05, 4.69) is 200 Å². The van der Waals surface area contributed by atoms with Gasteiger partial charge in [0.05, 0.1) is 0 Å². The van der Waals surface area contributed by atoms with Gasteiger partial charge >= 0.3 is 0 Å². The molecule has 12 aromatic rings. The third-order valence-corrected chi connectivity index (χ3v) is 13.0. The van der Waals surface area contributed by atoms with E-state index >= 15 is 0 Å². The Kier molecular flexibility index (Phi) is 8.36. The molecular formula is C57H35N3S. The Bertz CT molecular complexity index is 3480. The van der Waals surface area contributed by atoms with Gasteiger partial charge in [0, 0.05) is 36.9 Å². The molecule has 0 aliphatic rings. The summed E-state index contributed by atoms with van der Waals surface area (Å²) in [5, 5.41) is 10.1. The molecule has 0 N–H and O–H groups in total. The Morgan fingerprint density at radius 2 is 0.639 bits per heavy atom. The molecule has 0 radical (unpaired) electrons. The smallest absolute Gasteiger partial charge is 0.164 e. The molecule has 0 saturated carbocycles. The summed E-state index contributed by atoms with van der Waals surface area (Å²) < 4.78 is 2.45. The fourth-order valence-electron chi connectivity index (χ4n) is 8.93. The monoisotopic (exact) mass is 793 g/mol. The first-order valence-electron chi connectivity index (χ1n) is 20.6. The Morgan fingerprint density at radius 1 is 0.246 bits per heavy atom. The van der Waals surface area contributed by atoms with Gasteiger partial charge in [0.1, 0.15) is 0 Å². The summed E-state index contributed by atoms with van der Waals surface area (Å²) in [5.74, 6) is 1.90. The highest BCUT2D eigenvalue weighted by Gasteiger charge is 2.19. The fraction of sp³-hybridized carbons (Fsp3) is 0. The van der Waals surface area contributed by atoms with Crippen molar-refractivity contribution in [2.45, 2.75) is 0 Å². The van der Waals surface area contributed by atoms with Gasteiger partial charge in [-0.1, -0.05) is 188 Å². The van der Waals surface area contributed by atoms with E-state index in [9.17, 15) is 0 Å². The lowest BCUT2D eigenvalue weighted by Crippen LogP contribution is -2.00. The van der Waals surface area contributed by atoms with Gasteiger partial charge in [-0.05, 0) is 90.0 Å². The third kappa shape index (κ3) is 6.16. The molecule has 0 bridgehead atoms. The first-order valence-corrected chi connectivity index (χ1v) is 21.4. The average Bonchev–Trinajstić information content (AvgIpc) is 3.73. The maximum absolute atomic E-state index is 5.27. The van der Waals surface area contributed by atoms with Crippen LogP contribution in [0.5, 0.6) is 0 Å². The topological polar surface area (TPSA) is 38.7 Å². The Labute approximate surface area is 356 Å². The Morgan fingerprint density at radius 3 is 1.18 bits per heavy atom. The van der Waals surface area contributed by atoms with Crippen LogP contribution in [0.1, 0.15) is 0 Å². The van der Waals surface area contributed by atoms with Crippen LogP contribution in [0.15, 0.2) is 212 Å². The molecule has 0 aliphatic heterocycles. The molecule has 0 fully saturated rings. The zero-order valence-electron chi connectivity index (χ0n) is 33.0. The van der Waals surface area contributed by atoms with E-state index in [0.717, 1.165) is 38.9 Å². The molecule has 10 aromatic carbocycles. The lowest BCUT2D eigenvalue weighted by Gasteiger charge is -2.14. The van der Waals surface area contributed by atoms with E-state index in [-0.39, 0.29) is 0 Å². The number of aromatic nitrogens is 3. The summed E-state index contributed by atoms with van der Waals surface area (Å²) in [6.07, 6.45) is 0. The standard InChI is InChI=1S/C57H35N3S/c1-3-13-36(14-4-1)38-23-27-40(28-24-38)55-58-56(41-29-25-39(26-30-41)37-15-5-2-6-16-37)60-57(59-55)43-34-50(54-49-21-11-12-22-52(49)61-53(54)35-43)42-31-32-48-46-19-8-7-17-44(46)45-18-9-10-20-47(45)51(48)33-42/h1-35H. The van der Waals surface area contributed by atoms with Crippen LogP contribution >= 0.6 is 11.3 Å². The molecular weight excluding hydrogens is 759 g/mol. The normalized spacial score (nSPS) is 11.6. The lowest BCUT2D eigenvalue weighted by atomic mass is 9.90. The molecule has 0 saturated heterocycles. The van der Waals surface area contributed by atoms with E-state index in [1.165, 1.54) is 63.6 Å². The molecule has 2 heterocycles. The lowest BCUT2D eigenvalue weighted by molar-refractivity contribution is 1.07. The van der Waals surface area contributed by atoms with Gasteiger partial charge in [-0.2, -0.15) is 0 Å². The van der Waals surface area contributed by atoms with E-state index in [0.29, 0.717) is 17.5 Å². The van der Waals surface area contributed by atoms with E-state index in [1.807, 2.05) is 23.5 Å². The van der Waals surface area contributed by atoms with Crippen molar-refractivity contribution in [3.63, 3.8) is 0 Å². The molecule has 284 valence electrons. The highest BCUT2D eigenvalue weighted by molar-refractivity contribution is 7.26. The molecule has 3 nitrogen and oxygen atoms in total. The second-order valence-electron chi connectivity index (χ2n) is 15.5. The van der Waals surface area contributed by atoms with Crippen LogP contribution < -0.4 is 0 Å². The van der Waals surface area contributed by atoms with Crippen molar-refractivity contribution in [2.75, 3.05) is 0 Å². The van der Waals surface area contributed by atoms with Gasteiger partial charge in [-0.25, -0.2) is 15.0 Å². The fourth-order valence-corrected chi connectivity index (χ4v) is 10.1. The van der Waals surface area contributed by atoms with Crippen LogP contribution in [0.3, 0.4) is 0 Å². The van der Waals surface area contributed by atoms with Crippen molar-refractivity contribution < 1.29 is 0 Å². The minimum Gasteiger partial charge on any atom is -0.208 e. The molecule has 0 unspecified atom stereocenters. The van der Waals surface area contributed by atoms with Gasteiger partial charge in [0.25, 0.3) is 0 Å². The molecule has 61 heavy (non-hydrogen) atoms. The number of rotatable bonds is 6. The first kappa shape index (κ1) is 35.2. The van der Waals surface area contributed by atoms with E-state index < -0.39 is 0 Å². The van der Waals surface area contributed by atoms with Gasteiger partial charge in [-0.15, -0.1) is 11.3 Å². The molecule has 0 spiro atoms. The summed E-state index contributed by atoms with van der Waals surface area (Å²) in [7, 11) is 0. The second-order valence-corrected chi connectivity index (χ2v) is 16.6. The number of benzene rings is 10. The Balaban J connectivity index is 1.07. The molecule has 4 heteroatoms. The number of nitrogens with zero attached hydrogens (tertiary/aromatic N) is 3. The van der Waals surface area contributed by atoms with Crippen LogP contribution in [0.4, 0.5) is 0 Å². The van der Waals surface area contributed by atoms with Crippen LogP contribution in [0, 0.1) is 0 Å². The highest BCUT2D eigenvalue weighted by atomic mass is 32.1. The highest BCUT2D eigenvalue weighted by Crippen LogP contribution is 2.45. The Hall–Kier alpha value is -7.79. The number of hydrogen-bond donors (Lipinski definition) is 0. The van der Waals surface area contributed by atoms with E-state index in [1.54, 1.807) is 0 Å². The van der Waals surface area contributed by atoms with E-state index in [4.69, 9.17) is 15.0 Å². The third-order valence-electron chi connectivity index (χ3n) is 11.9. The number of fused-ring (bicyclic) bond motifs is 9. The average molecular weight is 794 g/mol. The van der Waals surface area contributed by atoms with Gasteiger partial charge in [0.15, 0.2) is 17.5 Å². The maximum atomic E-state index is 5.27. The summed E-state index contributed by atoms with van der Waals surface area (Å²) in [5.41, 5.74) is 9.76. The SMILES string of the molecule is c1ccc(-c2ccc(-c3nc(-c4ccc(-c5ccccc5)cc4)nc(-c4cc(-c5ccc6c7ccccc7c7ccccc7c6c5)c5c(c4)sc4ccccc45)n3)cc2)cc1. The first-order chi connectivity index (χ1) is 30.2. The molecule has 0 atom stereocenters. The van der Waals surface area contributed by atoms with Crippen LogP contribution in [-0.2, 0) is 0 Å². The van der Waals surface area contributed by atoms with Gasteiger partial charge in [-0.3, -0.25) is 0 Å². The predicted molar refractivity (Wildman–Crippen MR) is 258 cm³/mol. The predicted octanol–water partition coefficient (Wildman–Crippen LogP) is 15.7. The van der Waals surface area contributed by atoms with Crippen LogP contribution in [0.25, 0.3) is 120 Å². The second kappa shape index (κ2) is 14.5. The zero-order chi connectivity index (χ0) is 40.3. The van der Waals surface area contributed by atoms with Crippen molar-refractivity contribution in [2.24, 2.45) is 0 Å².